The summed E-state index contributed by atoms with van der Waals surface area (Å²) in [7, 11) is 0. The van der Waals surface area contributed by atoms with Gasteiger partial charge in [0.25, 0.3) is 23.6 Å². The van der Waals surface area contributed by atoms with Crippen molar-refractivity contribution in [2.75, 3.05) is 0 Å². The molecule has 0 unspecified atom stereocenters. The molecular formula is C60H73N6Nd2O4. The summed E-state index contributed by atoms with van der Waals surface area (Å²) in [4.78, 5) is 51.4. The fraction of sp³-hybridized carbons (Fsp3) is 0.333. The van der Waals surface area contributed by atoms with Crippen molar-refractivity contribution in [3.63, 3.8) is 0 Å². The quantitative estimate of drug-likeness (QED) is 0.104. The predicted molar refractivity (Wildman–Crippen MR) is 285 cm³/mol. The van der Waals surface area contributed by atoms with E-state index in [1.807, 2.05) is 180 Å². The Balaban J connectivity index is 0.000000271. The van der Waals surface area contributed by atoms with E-state index >= 15 is 0 Å². The molecule has 1 aliphatic carbocycles. The zero-order chi connectivity index (χ0) is 51.9. The van der Waals surface area contributed by atoms with Crippen molar-refractivity contribution in [3.05, 3.63) is 209 Å². The molecule has 1 saturated carbocycles. The van der Waals surface area contributed by atoms with Gasteiger partial charge in [0.1, 0.15) is 0 Å². The third-order valence-electron chi connectivity index (χ3n) is 13.1. The van der Waals surface area contributed by atoms with Gasteiger partial charge in [-0.1, -0.05) is 84.9 Å². The van der Waals surface area contributed by atoms with Crippen molar-refractivity contribution in [3.8, 4) is 0 Å². The number of amides is 4. The van der Waals surface area contributed by atoms with Crippen LogP contribution in [0.25, 0.3) is 0 Å². The first-order valence-corrected chi connectivity index (χ1v) is 26.5. The summed E-state index contributed by atoms with van der Waals surface area (Å²) < 4.78 is 1.17. The van der Waals surface area contributed by atoms with Crippen molar-refractivity contribution < 1.29 is 98.8 Å². The molecule has 6 N–H and O–H groups in total. The number of hydrogen-bond donors (Lipinski definition) is 6. The Kier molecular flexibility index (Phi) is 24.0. The molecule has 3 aliphatic rings. The molecule has 375 valence electrons. The molecule has 1 fully saturated rings. The SMILES string of the molecule is CC(NC(=O)c1c(C)cccc1C)=C1C=CCC(=C(C)NC(=O)c2c(C)cccc2C)N1.CC(NC(=O)c1c(C)cccc1C)=C1C=CCC(=C(C)NC(=O)c2c(C)cccc2C)N1.[Nd].[Nd][CH]1CCCCC1. The van der Waals surface area contributed by atoms with Crippen LogP contribution in [0.15, 0.2) is 143 Å². The Morgan fingerprint density at radius 2 is 0.681 bits per heavy atom. The average Bonchev–Trinajstić information content (AvgIpc) is 3.32. The molecule has 7 rings (SSSR count). The van der Waals surface area contributed by atoms with E-state index in [1.54, 1.807) is 12.8 Å². The van der Waals surface area contributed by atoms with Gasteiger partial charge in [-0.3, -0.25) is 19.2 Å². The maximum atomic E-state index is 12.9. The van der Waals surface area contributed by atoms with Gasteiger partial charge >= 0.3 is 72.4 Å². The van der Waals surface area contributed by atoms with Crippen LogP contribution in [0.5, 0.6) is 0 Å². The second kappa shape index (κ2) is 28.8. The second-order valence-electron chi connectivity index (χ2n) is 19.0. The third-order valence-corrected chi connectivity index (χ3v) is 15.0. The average molecular weight is 1230 g/mol. The van der Waals surface area contributed by atoms with Crippen molar-refractivity contribution in [1.82, 2.24) is 31.9 Å². The number of carbonyl (C=O) groups is 4. The van der Waals surface area contributed by atoms with Crippen LogP contribution in [0.2, 0.25) is 1.57 Å². The Hall–Kier alpha value is -4.50. The summed E-state index contributed by atoms with van der Waals surface area (Å²) in [5, 5.41) is 18.8. The number of hydrogen-bond acceptors (Lipinski definition) is 6. The Bertz CT molecular complexity index is 2600. The number of allylic oxidation sites excluding steroid dienone is 8. The first kappa shape index (κ1) is 60.1. The molecule has 2 heterocycles. The van der Waals surface area contributed by atoms with Gasteiger partial charge in [-0.15, -0.1) is 0 Å². The summed E-state index contributed by atoms with van der Waals surface area (Å²) in [6.45, 7) is 23.0. The minimum atomic E-state index is -0.128. The standard InChI is InChI=1S/2C27H31N3O2.C6H11.2Nd/c2*1-16-10-7-11-17(2)24(16)26(31)28-20(5)22-14-9-15-23(30-22)21(6)29-27(32)25-18(3)12-8-13-19(25)4;1-2-4-6-5-3-1;;/h2*7-14,30H,15H2,1-6H3,(H,28,31)(H,29,32);1H,2-6H2;;. The normalized spacial score (nSPS) is 16.8. The van der Waals surface area contributed by atoms with Crippen molar-refractivity contribution in [1.29, 1.82) is 0 Å². The van der Waals surface area contributed by atoms with E-state index in [2.05, 4.69) is 31.9 Å². The number of carbonyl (C=O) groups excluding carboxylic acids is 4. The molecule has 72 heavy (non-hydrogen) atoms. The number of rotatable bonds is 8. The van der Waals surface area contributed by atoms with E-state index < -0.39 is 0 Å². The molecule has 10 nitrogen and oxygen atoms in total. The number of benzene rings is 4. The van der Waals surface area contributed by atoms with Gasteiger partial charge in [-0.25, -0.2) is 0 Å². The van der Waals surface area contributed by atoms with Crippen molar-refractivity contribution in [2.24, 2.45) is 0 Å². The van der Waals surface area contributed by atoms with Gasteiger partial charge < -0.3 is 31.9 Å². The van der Waals surface area contributed by atoms with Crippen LogP contribution in [-0.4, -0.2) is 23.6 Å². The van der Waals surface area contributed by atoms with Crippen LogP contribution in [0, 0.1) is 135 Å². The molecule has 12 heteroatoms. The monoisotopic (exact) mass is 1230 g/mol. The number of nitrogens with one attached hydrogen (secondary N) is 6. The summed E-state index contributed by atoms with van der Waals surface area (Å²) in [5.41, 5.74) is 16.7. The van der Waals surface area contributed by atoms with E-state index in [1.165, 1.54) is 59.6 Å². The molecule has 0 saturated heterocycles. The topological polar surface area (TPSA) is 140 Å². The molecule has 2 aliphatic heterocycles. The van der Waals surface area contributed by atoms with Crippen molar-refractivity contribution >= 4 is 23.6 Å². The molecule has 4 aromatic carbocycles. The first-order valence-electron chi connectivity index (χ1n) is 24.7. The summed E-state index contributed by atoms with van der Waals surface area (Å²) in [6, 6.07) is 23.3. The van der Waals surface area contributed by atoms with Crippen LogP contribution in [0.1, 0.15) is 159 Å². The summed E-state index contributed by atoms with van der Waals surface area (Å²) in [6.07, 6.45) is 16.9. The number of aryl methyl sites for hydroxylation is 8. The van der Waals surface area contributed by atoms with Crippen LogP contribution in [-0.2, 0) is 0 Å². The van der Waals surface area contributed by atoms with Gasteiger partial charge in [-0.2, -0.15) is 0 Å². The van der Waals surface area contributed by atoms with Gasteiger partial charge in [0.05, 0.1) is 11.4 Å². The first-order chi connectivity index (χ1) is 33.8. The van der Waals surface area contributed by atoms with E-state index in [0.717, 1.165) is 90.1 Å². The zero-order valence-electron chi connectivity index (χ0n) is 44.4. The Morgan fingerprint density at radius 3 is 0.917 bits per heavy atom. The van der Waals surface area contributed by atoms with E-state index in [4.69, 9.17) is 0 Å². The molecule has 0 bridgehead atoms. The van der Waals surface area contributed by atoms with Crippen molar-refractivity contribution in [2.45, 2.75) is 130 Å². The summed E-state index contributed by atoms with van der Waals surface area (Å²) >= 11 is 1.45. The Labute approximate surface area is 488 Å². The molecular weight excluding hydrogens is 1160 g/mol. The minimum absolute atomic E-state index is 0. The van der Waals surface area contributed by atoms with Gasteiger partial charge in [-0.05, 0) is 140 Å². The molecule has 0 radical (unpaired) electrons. The molecule has 0 aromatic heterocycles. The molecule has 4 amide bonds. The van der Waals surface area contributed by atoms with Crippen LogP contribution in [0.4, 0.5) is 0 Å². The molecule has 0 atom stereocenters. The van der Waals surface area contributed by atoms with Crippen LogP contribution >= 0.6 is 0 Å². The van der Waals surface area contributed by atoms with Gasteiger partial charge in [0, 0.05) is 110 Å². The van der Waals surface area contributed by atoms with Crippen LogP contribution in [0.3, 0.4) is 0 Å². The molecule has 4 aromatic rings. The van der Waals surface area contributed by atoms with Crippen LogP contribution < -0.4 is 31.9 Å². The fourth-order valence-electron chi connectivity index (χ4n) is 9.04. The maximum absolute atomic E-state index is 12.9. The van der Waals surface area contributed by atoms with E-state index in [0.29, 0.717) is 35.1 Å². The van der Waals surface area contributed by atoms with E-state index in [9.17, 15) is 19.2 Å². The fourth-order valence-corrected chi connectivity index (χ4v) is 10.4. The third kappa shape index (κ3) is 16.8. The predicted octanol–water partition coefficient (Wildman–Crippen LogP) is 12.5. The molecule has 0 spiro atoms. The Morgan fingerprint density at radius 1 is 0.431 bits per heavy atom. The summed E-state index contributed by atoms with van der Waals surface area (Å²) in [5.74, 6) is -0.492. The van der Waals surface area contributed by atoms with Gasteiger partial charge in [0.2, 0.25) is 0 Å². The second-order valence-corrected chi connectivity index (χ2v) is 21.6. The van der Waals surface area contributed by atoms with Gasteiger partial charge in [0.15, 0.2) is 0 Å². The van der Waals surface area contributed by atoms with E-state index in [-0.39, 0.29) is 64.5 Å². The zero-order valence-corrected chi connectivity index (χ0v) is 50.8.